The summed E-state index contributed by atoms with van der Waals surface area (Å²) < 4.78 is 95.6. The molecule has 4 nitrogen and oxygen atoms in total. The van der Waals surface area contributed by atoms with Gasteiger partial charge in [-0.05, 0) is 29.8 Å². The number of esters is 1. The van der Waals surface area contributed by atoms with E-state index in [-0.39, 0.29) is 30.4 Å². The molecule has 0 saturated carbocycles. The van der Waals surface area contributed by atoms with Gasteiger partial charge >= 0.3 is 18.3 Å². The van der Waals surface area contributed by atoms with Crippen LogP contribution in [-0.2, 0) is 31.4 Å². The summed E-state index contributed by atoms with van der Waals surface area (Å²) in [4.78, 5) is 11.7. The summed E-state index contributed by atoms with van der Waals surface area (Å²) in [5, 5.41) is 0. The second-order valence-corrected chi connectivity index (χ2v) is 7.41. The molecule has 0 aromatic heterocycles. The molecule has 31 heavy (non-hydrogen) atoms. The van der Waals surface area contributed by atoms with Crippen molar-refractivity contribution in [3.8, 4) is 0 Å². The first-order valence-corrected chi connectivity index (χ1v) is 9.35. The first-order valence-electron chi connectivity index (χ1n) is 9.35. The van der Waals surface area contributed by atoms with Gasteiger partial charge in [0.2, 0.25) is 5.79 Å². The van der Waals surface area contributed by atoms with Crippen molar-refractivity contribution >= 4 is 5.97 Å². The molecular formula is C21H16F6O4. The highest BCUT2D eigenvalue weighted by atomic mass is 19.4. The Bertz CT molecular complexity index is 919. The smallest absolute Gasteiger partial charge is 0.416 e. The third-order valence-corrected chi connectivity index (χ3v) is 5.19. The number of ether oxygens (including phenoxy) is 3. The number of benzene rings is 2. The first-order chi connectivity index (χ1) is 14.5. The van der Waals surface area contributed by atoms with Crippen molar-refractivity contribution in [3.05, 3.63) is 70.8 Å². The first kappa shape index (κ1) is 21.6. The van der Waals surface area contributed by atoms with E-state index in [4.69, 9.17) is 14.2 Å². The monoisotopic (exact) mass is 446 g/mol. The Hall–Kier alpha value is -2.59. The minimum absolute atomic E-state index is 0.00817. The van der Waals surface area contributed by atoms with Crippen molar-refractivity contribution in [3.63, 3.8) is 0 Å². The molecule has 1 spiro atoms. The summed E-state index contributed by atoms with van der Waals surface area (Å²) in [6, 6.07) is 8.67. The van der Waals surface area contributed by atoms with Crippen LogP contribution < -0.4 is 0 Å². The molecule has 0 bridgehead atoms. The SMILES string of the molecule is O=C1CC[C@]2(C[C@@H](c3cccc(C(F)(F)F)c3)O[C@@H](c3cccc(C(F)(F)F)c3)O2)O1. The molecule has 2 aromatic carbocycles. The summed E-state index contributed by atoms with van der Waals surface area (Å²) in [6.07, 6.45) is -11.5. The Kier molecular flexibility index (Phi) is 5.25. The van der Waals surface area contributed by atoms with Crippen LogP contribution in [0.15, 0.2) is 48.5 Å². The summed E-state index contributed by atoms with van der Waals surface area (Å²) in [6.45, 7) is 0. The van der Waals surface area contributed by atoms with Crippen LogP contribution >= 0.6 is 0 Å². The van der Waals surface area contributed by atoms with Gasteiger partial charge in [0.05, 0.1) is 23.7 Å². The number of hydrogen-bond acceptors (Lipinski definition) is 4. The fraction of sp³-hybridized carbons (Fsp3) is 0.381. The minimum atomic E-state index is -4.61. The molecule has 0 aliphatic carbocycles. The van der Waals surface area contributed by atoms with Crippen LogP contribution in [-0.4, -0.2) is 11.8 Å². The van der Waals surface area contributed by atoms with Gasteiger partial charge in [-0.15, -0.1) is 0 Å². The highest BCUT2D eigenvalue weighted by Gasteiger charge is 2.50. The van der Waals surface area contributed by atoms with Gasteiger partial charge in [0, 0.05) is 18.4 Å². The predicted molar refractivity (Wildman–Crippen MR) is 93.2 cm³/mol. The Morgan fingerprint density at radius 3 is 2.00 bits per heavy atom. The van der Waals surface area contributed by atoms with Crippen molar-refractivity contribution < 1.29 is 45.3 Å². The lowest BCUT2D eigenvalue weighted by Crippen LogP contribution is -2.41. The molecule has 3 atom stereocenters. The number of alkyl halides is 6. The molecule has 2 aliphatic heterocycles. The minimum Gasteiger partial charge on any atom is -0.433 e. The Labute approximate surface area is 172 Å². The van der Waals surface area contributed by atoms with E-state index in [1.165, 1.54) is 24.3 Å². The quantitative estimate of drug-likeness (QED) is 0.424. The number of hydrogen-bond donors (Lipinski definition) is 0. The average Bonchev–Trinajstić information content (AvgIpc) is 3.06. The predicted octanol–water partition coefficient (Wildman–Crippen LogP) is 5.93. The van der Waals surface area contributed by atoms with Gasteiger partial charge < -0.3 is 14.2 Å². The van der Waals surface area contributed by atoms with E-state index in [1.807, 2.05) is 0 Å². The van der Waals surface area contributed by atoms with Crippen LogP contribution in [0.25, 0.3) is 0 Å². The Morgan fingerprint density at radius 1 is 0.871 bits per heavy atom. The molecular weight excluding hydrogens is 430 g/mol. The normalized spacial score (nSPS) is 26.8. The third-order valence-electron chi connectivity index (χ3n) is 5.19. The van der Waals surface area contributed by atoms with Crippen LogP contribution in [0.5, 0.6) is 0 Å². The van der Waals surface area contributed by atoms with E-state index in [9.17, 15) is 31.1 Å². The molecule has 4 rings (SSSR count). The molecule has 2 aliphatic rings. The van der Waals surface area contributed by atoms with Crippen LogP contribution in [0, 0.1) is 0 Å². The zero-order valence-corrected chi connectivity index (χ0v) is 15.8. The molecule has 2 saturated heterocycles. The summed E-state index contributed by atoms with van der Waals surface area (Å²) in [5.74, 6) is -2.06. The van der Waals surface area contributed by atoms with E-state index in [0.717, 1.165) is 24.3 Å². The van der Waals surface area contributed by atoms with Gasteiger partial charge in [0.15, 0.2) is 6.29 Å². The van der Waals surface area contributed by atoms with Gasteiger partial charge in [-0.1, -0.05) is 24.3 Å². The van der Waals surface area contributed by atoms with Crippen LogP contribution in [0.4, 0.5) is 26.3 Å². The fourth-order valence-corrected chi connectivity index (χ4v) is 3.70. The van der Waals surface area contributed by atoms with Gasteiger partial charge in [0.1, 0.15) is 0 Å². The average molecular weight is 446 g/mol. The lowest BCUT2D eigenvalue weighted by atomic mass is 9.95. The highest BCUT2D eigenvalue weighted by Crippen LogP contribution is 2.48. The van der Waals surface area contributed by atoms with Gasteiger partial charge in [-0.2, -0.15) is 26.3 Å². The molecule has 0 radical (unpaired) electrons. The molecule has 0 unspecified atom stereocenters. The second-order valence-electron chi connectivity index (χ2n) is 7.41. The zero-order chi connectivity index (χ0) is 22.4. The molecule has 166 valence electrons. The van der Waals surface area contributed by atoms with E-state index >= 15 is 0 Å². The Morgan fingerprint density at radius 2 is 1.45 bits per heavy atom. The van der Waals surface area contributed by atoms with Crippen molar-refractivity contribution in [1.29, 1.82) is 0 Å². The highest BCUT2D eigenvalue weighted by molar-refractivity contribution is 5.72. The lowest BCUT2D eigenvalue weighted by Gasteiger charge is -2.41. The van der Waals surface area contributed by atoms with Crippen LogP contribution in [0.3, 0.4) is 0 Å². The lowest BCUT2D eigenvalue weighted by molar-refractivity contribution is -0.350. The van der Waals surface area contributed by atoms with Gasteiger partial charge in [-0.25, -0.2) is 0 Å². The van der Waals surface area contributed by atoms with Crippen molar-refractivity contribution in [2.45, 2.75) is 49.8 Å². The number of halogens is 6. The molecule has 2 aromatic rings. The summed E-state index contributed by atoms with van der Waals surface area (Å²) in [7, 11) is 0. The molecule has 2 heterocycles. The van der Waals surface area contributed by atoms with Crippen molar-refractivity contribution in [2.75, 3.05) is 0 Å². The number of rotatable bonds is 2. The van der Waals surface area contributed by atoms with E-state index in [0.29, 0.717) is 0 Å². The maximum absolute atomic E-state index is 13.1. The van der Waals surface area contributed by atoms with Gasteiger partial charge in [0.25, 0.3) is 0 Å². The standard InChI is InChI=1S/C21H16F6O4/c22-20(23,24)14-5-1-3-12(9-14)16-11-19(8-7-17(28)30-19)31-18(29-16)13-4-2-6-15(10-13)21(25,26)27/h1-6,9-10,16,18H,7-8,11H2/t16-,18+,19-/m0/s1. The zero-order valence-electron chi connectivity index (χ0n) is 15.8. The number of carbonyl (C=O) groups excluding carboxylic acids is 1. The Balaban J connectivity index is 1.71. The van der Waals surface area contributed by atoms with Gasteiger partial charge in [-0.3, -0.25) is 4.79 Å². The van der Waals surface area contributed by atoms with Crippen molar-refractivity contribution in [2.24, 2.45) is 0 Å². The summed E-state index contributed by atoms with van der Waals surface area (Å²) >= 11 is 0. The molecule has 0 N–H and O–H groups in total. The van der Waals surface area contributed by atoms with E-state index in [2.05, 4.69) is 0 Å². The largest absolute Gasteiger partial charge is 0.433 e. The molecule has 2 fully saturated rings. The molecule has 0 amide bonds. The molecule has 10 heteroatoms. The van der Waals surface area contributed by atoms with E-state index < -0.39 is 47.6 Å². The maximum atomic E-state index is 13.1. The van der Waals surface area contributed by atoms with Crippen molar-refractivity contribution in [1.82, 2.24) is 0 Å². The van der Waals surface area contributed by atoms with E-state index in [1.54, 1.807) is 0 Å². The topological polar surface area (TPSA) is 44.8 Å². The third kappa shape index (κ3) is 4.54. The maximum Gasteiger partial charge on any atom is 0.416 e. The fourth-order valence-electron chi connectivity index (χ4n) is 3.70. The van der Waals surface area contributed by atoms with Crippen LogP contribution in [0.1, 0.15) is 53.9 Å². The number of carbonyl (C=O) groups is 1. The second kappa shape index (κ2) is 7.52. The summed E-state index contributed by atoms with van der Waals surface area (Å²) in [5.41, 5.74) is -1.67. The van der Waals surface area contributed by atoms with Crippen LogP contribution in [0.2, 0.25) is 0 Å².